The molecule has 0 spiro atoms. The van der Waals surface area contributed by atoms with Crippen LogP contribution in [0.2, 0.25) is 0 Å². The molecule has 0 bridgehead atoms. The first-order chi connectivity index (χ1) is 6.57. The highest BCUT2D eigenvalue weighted by Crippen LogP contribution is 2.31. The molecule has 2 rings (SSSR count). The number of hydrogen-bond acceptors (Lipinski definition) is 1. The second-order valence-corrected chi connectivity index (χ2v) is 4.42. The SMILES string of the molecule is FC1(F)CCN(c2ccc(Br)cc2)C1. The lowest BCUT2D eigenvalue weighted by atomic mass is 10.3. The third kappa shape index (κ3) is 2.05. The number of hydrogen-bond donors (Lipinski definition) is 0. The van der Waals surface area contributed by atoms with Crippen molar-refractivity contribution in [3.63, 3.8) is 0 Å². The minimum Gasteiger partial charge on any atom is -0.365 e. The van der Waals surface area contributed by atoms with Gasteiger partial charge in [-0.15, -0.1) is 0 Å². The number of nitrogens with zero attached hydrogens (tertiary/aromatic N) is 1. The summed E-state index contributed by atoms with van der Waals surface area (Å²) in [7, 11) is 0. The highest BCUT2D eigenvalue weighted by atomic mass is 79.9. The second-order valence-electron chi connectivity index (χ2n) is 3.50. The quantitative estimate of drug-likeness (QED) is 0.750. The molecule has 76 valence electrons. The molecule has 0 amide bonds. The lowest BCUT2D eigenvalue weighted by Crippen LogP contribution is -2.24. The Morgan fingerprint density at radius 3 is 2.36 bits per heavy atom. The van der Waals surface area contributed by atoms with Gasteiger partial charge >= 0.3 is 0 Å². The van der Waals surface area contributed by atoms with Crippen LogP contribution in [0.5, 0.6) is 0 Å². The summed E-state index contributed by atoms with van der Waals surface area (Å²) in [6.07, 6.45) is -0.0386. The van der Waals surface area contributed by atoms with Crippen LogP contribution in [-0.2, 0) is 0 Å². The maximum atomic E-state index is 12.9. The van der Waals surface area contributed by atoms with Gasteiger partial charge in [0.25, 0.3) is 5.92 Å². The zero-order valence-electron chi connectivity index (χ0n) is 7.51. The number of rotatable bonds is 1. The van der Waals surface area contributed by atoms with E-state index in [1.54, 1.807) is 4.90 Å². The van der Waals surface area contributed by atoms with Crippen LogP contribution in [-0.4, -0.2) is 19.0 Å². The summed E-state index contributed by atoms with van der Waals surface area (Å²) in [5, 5.41) is 0. The normalized spacial score (nSPS) is 20.1. The molecule has 0 atom stereocenters. The fraction of sp³-hybridized carbons (Fsp3) is 0.400. The Balaban J connectivity index is 2.14. The summed E-state index contributed by atoms with van der Waals surface area (Å²) in [6.45, 7) is 0.281. The standard InChI is InChI=1S/C10H10BrF2N/c11-8-1-3-9(4-2-8)14-6-5-10(12,13)7-14/h1-4H,5-7H2. The Bertz CT molecular complexity index is 323. The molecule has 1 saturated heterocycles. The highest BCUT2D eigenvalue weighted by Gasteiger charge is 2.38. The van der Waals surface area contributed by atoms with Crippen LogP contribution in [0.3, 0.4) is 0 Å². The summed E-state index contributed by atoms with van der Waals surface area (Å²) < 4.78 is 26.8. The van der Waals surface area contributed by atoms with Crippen LogP contribution in [0.25, 0.3) is 0 Å². The van der Waals surface area contributed by atoms with E-state index in [2.05, 4.69) is 15.9 Å². The molecular weight excluding hydrogens is 252 g/mol. The molecule has 1 fully saturated rings. The molecule has 0 radical (unpaired) electrons. The van der Waals surface area contributed by atoms with E-state index in [4.69, 9.17) is 0 Å². The van der Waals surface area contributed by atoms with Gasteiger partial charge in [0.1, 0.15) is 0 Å². The molecule has 0 aromatic heterocycles. The minimum absolute atomic E-state index is 0.0386. The van der Waals surface area contributed by atoms with E-state index in [-0.39, 0.29) is 13.0 Å². The molecule has 4 heteroatoms. The van der Waals surface area contributed by atoms with E-state index in [9.17, 15) is 8.78 Å². The average Bonchev–Trinajstić information content (AvgIpc) is 2.47. The summed E-state index contributed by atoms with van der Waals surface area (Å²) in [4.78, 5) is 1.71. The van der Waals surface area contributed by atoms with Gasteiger partial charge in [-0.2, -0.15) is 0 Å². The summed E-state index contributed by atoms with van der Waals surface area (Å²) in [5.41, 5.74) is 0.866. The second kappa shape index (κ2) is 3.50. The zero-order valence-corrected chi connectivity index (χ0v) is 9.10. The van der Waals surface area contributed by atoms with Gasteiger partial charge in [-0.1, -0.05) is 15.9 Å². The van der Waals surface area contributed by atoms with Crippen molar-refractivity contribution in [1.29, 1.82) is 0 Å². The van der Waals surface area contributed by atoms with Gasteiger partial charge in [-0.25, -0.2) is 8.78 Å². The van der Waals surface area contributed by atoms with E-state index in [1.165, 1.54) is 0 Å². The van der Waals surface area contributed by atoms with E-state index >= 15 is 0 Å². The van der Waals surface area contributed by atoms with Crippen molar-refractivity contribution < 1.29 is 8.78 Å². The van der Waals surface area contributed by atoms with Gasteiger partial charge in [-0.3, -0.25) is 0 Å². The maximum absolute atomic E-state index is 12.9. The third-order valence-corrected chi connectivity index (χ3v) is 2.89. The first kappa shape index (κ1) is 9.90. The molecule has 1 aliphatic rings. The first-order valence-electron chi connectivity index (χ1n) is 4.45. The van der Waals surface area contributed by atoms with Crippen LogP contribution in [0.15, 0.2) is 28.7 Å². The van der Waals surface area contributed by atoms with Crippen molar-refractivity contribution >= 4 is 21.6 Å². The molecule has 1 aromatic carbocycles. The van der Waals surface area contributed by atoms with Crippen LogP contribution >= 0.6 is 15.9 Å². The minimum atomic E-state index is -2.52. The topological polar surface area (TPSA) is 3.24 Å². The van der Waals surface area contributed by atoms with Crippen LogP contribution in [0.1, 0.15) is 6.42 Å². The summed E-state index contributed by atoms with van der Waals surface area (Å²) in [6, 6.07) is 7.44. The molecular formula is C10H10BrF2N. The van der Waals surface area contributed by atoms with Crippen molar-refractivity contribution in [1.82, 2.24) is 0 Å². The Labute approximate surface area is 89.8 Å². The van der Waals surface area contributed by atoms with Gasteiger partial charge in [0.15, 0.2) is 0 Å². The number of benzene rings is 1. The third-order valence-electron chi connectivity index (χ3n) is 2.36. The van der Waals surface area contributed by atoms with Gasteiger partial charge in [0.05, 0.1) is 6.54 Å². The lowest BCUT2D eigenvalue weighted by molar-refractivity contribution is 0.0257. The fourth-order valence-corrected chi connectivity index (χ4v) is 1.87. The predicted octanol–water partition coefficient (Wildman–Crippen LogP) is 3.29. The van der Waals surface area contributed by atoms with E-state index in [1.807, 2.05) is 24.3 Å². The number of halogens is 3. The van der Waals surface area contributed by atoms with Gasteiger partial charge < -0.3 is 4.90 Å². The largest absolute Gasteiger partial charge is 0.365 e. The molecule has 0 saturated carbocycles. The molecule has 1 nitrogen and oxygen atoms in total. The van der Waals surface area contributed by atoms with Crippen molar-refractivity contribution in [2.45, 2.75) is 12.3 Å². The average molecular weight is 262 g/mol. The van der Waals surface area contributed by atoms with E-state index in [0.29, 0.717) is 6.54 Å². The molecule has 1 heterocycles. The lowest BCUT2D eigenvalue weighted by Gasteiger charge is -2.17. The maximum Gasteiger partial charge on any atom is 0.266 e. The Hall–Kier alpha value is -0.640. The molecule has 1 aromatic rings. The monoisotopic (exact) mass is 261 g/mol. The van der Waals surface area contributed by atoms with Crippen molar-refractivity contribution in [3.05, 3.63) is 28.7 Å². The fourth-order valence-electron chi connectivity index (χ4n) is 1.61. The van der Waals surface area contributed by atoms with Gasteiger partial charge in [0, 0.05) is 23.1 Å². The Morgan fingerprint density at radius 2 is 1.86 bits per heavy atom. The molecule has 0 N–H and O–H groups in total. The number of anilines is 1. The van der Waals surface area contributed by atoms with Crippen molar-refractivity contribution in [2.75, 3.05) is 18.0 Å². The first-order valence-corrected chi connectivity index (χ1v) is 5.24. The number of alkyl halides is 2. The van der Waals surface area contributed by atoms with Crippen LogP contribution in [0, 0.1) is 0 Å². The predicted molar refractivity (Wildman–Crippen MR) is 55.9 cm³/mol. The Morgan fingerprint density at radius 1 is 1.21 bits per heavy atom. The molecule has 0 unspecified atom stereocenters. The zero-order chi connectivity index (χ0) is 10.2. The van der Waals surface area contributed by atoms with E-state index in [0.717, 1.165) is 10.2 Å². The Kier molecular flexibility index (Phi) is 2.47. The summed E-state index contributed by atoms with van der Waals surface area (Å²) >= 11 is 3.31. The van der Waals surface area contributed by atoms with Gasteiger partial charge in [0.2, 0.25) is 0 Å². The van der Waals surface area contributed by atoms with Gasteiger partial charge in [-0.05, 0) is 24.3 Å². The van der Waals surface area contributed by atoms with E-state index < -0.39 is 5.92 Å². The smallest absolute Gasteiger partial charge is 0.266 e. The van der Waals surface area contributed by atoms with Crippen molar-refractivity contribution in [2.24, 2.45) is 0 Å². The summed E-state index contributed by atoms with van der Waals surface area (Å²) in [5.74, 6) is -2.52. The molecule has 1 aliphatic heterocycles. The van der Waals surface area contributed by atoms with Crippen molar-refractivity contribution in [3.8, 4) is 0 Å². The molecule has 0 aliphatic carbocycles. The highest BCUT2D eigenvalue weighted by molar-refractivity contribution is 9.10. The molecule has 14 heavy (non-hydrogen) atoms. The van der Waals surface area contributed by atoms with Crippen LogP contribution < -0.4 is 4.90 Å². The van der Waals surface area contributed by atoms with Crippen LogP contribution in [0.4, 0.5) is 14.5 Å².